The molecule has 3 aromatic rings. The van der Waals surface area contributed by atoms with Crippen LogP contribution in [0.2, 0.25) is 0 Å². The van der Waals surface area contributed by atoms with Crippen molar-refractivity contribution >= 4 is 35.0 Å². The standard InChI is InChI=1S/C35H38N4O5/c40-23-24-13-15-26(16-14-24)38-34(43)21-37-33(42)12-6-5-11-32(41)36-20-19-35(44)39-22-25-7-1-2-8-27(25)28-17-18-29(28)30-9-3-4-10-31(30)39/h1-4,7-10,13-18,28-29,40H,5-6,11-12,19-23H2,(H,36,41)(H,37,42)(H,38,43). The van der Waals surface area contributed by atoms with Crippen molar-refractivity contribution in [2.75, 3.05) is 23.3 Å². The Morgan fingerprint density at radius 1 is 0.727 bits per heavy atom. The van der Waals surface area contributed by atoms with Gasteiger partial charge in [0.1, 0.15) is 0 Å². The van der Waals surface area contributed by atoms with E-state index in [0.29, 0.717) is 31.0 Å². The number of para-hydroxylation sites is 1. The van der Waals surface area contributed by atoms with E-state index in [1.807, 2.05) is 35.2 Å². The van der Waals surface area contributed by atoms with Crippen molar-refractivity contribution in [1.82, 2.24) is 10.6 Å². The van der Waals surface area contributed by atoms with Gasteiger partial charge in [-0.2, -0.15) is 0 Å². The van der Waals surface area contributed by atoms with Gasteiger partial charge >= 0.3 is 0 Å². The third kappa shape index (κ3) is 7.60. The number of nitrogens with one attached hydrogen (secondary N) is 3. The Balaban J connectivity index is 1.02. The Hall–Kier alpha value is -4.76. The minimum atomic E-state index is -0.350. The molecule has 1 aliphatic carbocycles. The lowest BCUT2D eigenvalue weighted by atomic mass is 9.71. The summed E-state index contributed by atoms with van der Waals surface area (Å²) in [6, 6.07) is 23.1. The Morgan fingerprint density at radius 2 is 1.36 bits per heavy atom. The molecule has 1 heterocycles. The molecule has 4 amide bonds. The molecular weight excluding hydrogens is 556 g/mol. The van der Waals surface area contributed by atoms with Gasteiger partial charge in [-0.1, -0.05) is 66.7 Å². The number of fused-ring (bicyclic) bond motifs is 5. The fourth-order valence-corrected chi connectivity index (χ4v) is 5.69. The molecule has 2 unspecified atom stereocenters. The number of carbonyl (C=O) groups excluding carboxylic acids is 4. The van der Waals surface area contributed by atoms with Gasteiger partial charge < -0.3 is 26.0 Å². The molecule has 3 aromatic carbocycles. The molecule has 2 atom stereocenters. The van der Waals surface area contributed by atoms with E-state index in [1.54, 1.807) is 24.3 Å². The van der Waals surface area contributed by atoms with Gasteiger partial charge in [0.2, 0.25) is 23.6 Å². The molecule has 228 valence electrons. The van der Waals surface area contributed by atoms with Gasteiger partial charge in [-0.3, -0.25) is 19.2 Å². The van der Waals surface area contributed by atoms with Crippen LogP contribution in [0.1, 0.15) is 66.2 Å². The Labute approximate surface area is 257 Å². The number of allylic oxidation sites excluding steroid dienone is 2. The van der Waals surface area contributed by atoms with E-state index in [-0.39, 0.29) is 68.5 Å². The number of anilines is 2. The summed E-state index contributed by atoms with van der Waals surface area (Å²) in [6.45, 7) is 0.495. The molecular formula is C35H38N4O5. The lowest BCUT2D eigenvalue weighted by Gasteiger charge is -2.38. The number of nitrogens with zero attached hydrogens (tertiary/aromatic N) is 1. The van der Waals surface area contributed by atoms with Gasteiger partial charge in [0.25, 0.3) is 0 Å². The number of aliphatic hydroxyl groups excluding tert-OH is 1. The average molecular weight is 595 g/mol. The minimum absolute atomic E-state index is 0.0443. The predicted molar refractivity (Wildman–Crippen MR) is 169 cm³/mol. The summed E-state index contributed by atoms with van der Waals surface area (Å²) in [4.78, 5) is 51.9. The number of aliphatic hydroxyl groups is 1. The molecule has 0 fully saturated rings. The molecule has 0 spiro atoms. The van der Waals surface area contributed by atoms with E-state index in [1.165, 1.54) is 5.56 Å². The van der Waals surface area contributed by atoms with Crippen LogP contribution < -0.4 is 20.9 Å². The maximum Gasteiger partial charge on any atom is 0.243 e. The van der Waals surface area contributed by atoms with Gasteiger partial charge in [0.15, 0.2) is 0 Å². The third-order valence-corrected chi connectivity index (χ3v) is 8.13. The molecule has 44 heavy (non-hydrogen) atoms. The summed E-state index contributed by atoms with van der Waals surface area (Å²) in [5, 5.41) is 17.2. The van der Waals surface area contributed by atoms with Crippen LogP contribution in [0, 0.1) is 0 Å². The average Bonchev–Trinajstić information content (AvgIpc) is 3.01. The number of unbranched alkanes of at least 4 members (excludes halogenated alkanes) is 1. The number of hydrogen-bond donors (Lipinski definition) is 4. The third-order valence-electron chi connectivity index (χ3n) is 8.13. The maximum atomic E-state index is 13.5. The second kappa shape index (κ2) is 14.6. The van der Waals surface area contributed by atoms with Crippen molar-refractivity contribution in [3.63, 3.8) is 0 Å². The van der Waals surface area contributed by atoms with Crippen LogP contribution in [-0.2, 0) is 32.3 Å². The summed E-state index contributed by atoms with van der Waals surface area (Å²) in [5.41, 5.74) is 5.77. The molecule has 2 aliphatic rings. The zero-order valence-corrected chi connectivity index (χ0v) is 24.6. The van der Waals surface area contributed by atoms with Crippen molar-refractivity contribution in [3.8, 4) is 0 Å². The zero-order valence-electron chi connectivity index (χ0n) is 24.6. The molecule has 1 aliphatic heterocycles. The quantitative estimate of drug-likeness (QED) is 0.184. The molecule has 0 radical (unpaired) electrons. The van der Waals surface area contributed by atoms with Gasteiger partial charge in [-0.05, 0) is 53.3 Å². The first-order valence-corrected chi connectivity index (χ1v) is 15.1. The lowest BCUT2D eigenvalue weighted by molar-refractivity contribution is -0.124. The van der Waals surface area contributed by atoms with Gasteiger partial charge in [-0.25, -0.2) is 0 Å². The first kappa shape index (κ1) is 30.7. The van der Waals surface area contributed by atoms with Crippen molar-refractivity contribution in [1.29, 1.82) is 0 Å². The van der Waals surface area contributed by atoms with Crippen LogP contribution in [0.15, 0.2) is 84.9 Å². The van der Waals surface area contributed by atoms with Crippen molar-refractivity contribution in [2.45, 2.75) is 57.1 Å². The molecule has 0 saturated carbocycles. The monoisotopic (exact) mass is 594 g/mol. The molecule has 4 N–H and O–H groups in total. The largest absolute Gasteiger partial charge is 0.392 e. The molecule has 0 bridgehead atoms. The second-order valence-corrected chi connectivity index (χ2v) is 11.2. The van der Waals surface area contributed by atoms with E-state index in [2.05, 4.69) is 46.3 Å². The normalized spacial score (nSPS) is 16.2. The summed E-state index contributed by atoms with van der Waals surface area (Å²) in [6.07, 6.45) is 6.10. The van der Waals surface area contributed by atoms with Crippen LogP contribution in [0.3, 0.4) is 0 Å². The van der Waals surface area contributed by atoms with Gasteiger partial charge in [-0.15, -0.1) is 0 Å². The lowest BCUT2D eigenvalue weighted by Crippen LogP contribution is -2.37. The van der Waals surface area contributed by atoms with Crippen LogP contribution in [0.5, 0.6) is 0 Å². The van der Waals surface area contributed by atoms with Crippen LogP contribution in [-0.4, -0.2) is 41.8 Å². The molecule has 5 rings (SSSR count). The van der Waals surface area contributed by atoms with Crippen molar-refractivity contribution < 1.29 is 24.3 Å². The van der Waals surface area contributed by atoms with Gasteiger partial charge in [0.05, 0.1) is 19.7 Å². The fraction of sp³-hybridized carbons (Fsp3) is 0.314. The second-order valence-electron chi connectivity index (χ2n) is 11.2. The Morgan fingerprint density at radius 3 is 2.07 bits per heavy atom. The molecule has 0 saturated heterocycles. The van der Waals surface area contributed by atoms with E-state index in [4.69, 9.17) is 5.11 Å². The number of hydrogen-bond acceptors (Lipinski definition) is 5. The SMILES string of the molecule is O=C(CCCCC(=O)NCC(=O)Nc1ccc(CO)cc1)NCCC(=O)N1Cc2ccccc2C2C=CC2c2ccccc21. The number of rotatable bonds is 12. The van der Waals surface area contributed by atoms with E-state index >= 15 is 0 Å². The summed E-state index contributed by atoms with van der Waals surface area (Å²) in [5.74, 6) is -0.269. The minimum Gasteiger partial charge on any atom is -0.392 e. The maximum absolute atomic E-state index is 13.5. The molecule has 0 aromatic heterocycles. The van der Waals surface area contributed by atoms with E-state index in [9.17, 15) is 19.2 Å². The highest BCUT2D eigenvalue weighted by Gasteiger charge is 2.34. The zero-order chi connectivity index (χ0) is 30.9. The Kier molecular flexibility index (Phi) is 10.2. The van der Waals surface area contributed by atoms with Crippen molar-refractivity contribution in [2.24, 2.45) is 0 Å². The summed E-state index contributed by atoms with van der Waals surface area (Å²) >= 11 is 0. The summed E-state index contributed by atoms with van der Waals surface area (Å²) < 4.78 is 0. The van der Waals surface area contributed by atoms with Crippen LogP contribution >= 0.6 is 0 Å². The number of carbonyl (C=O) groups is 4. The highest BCUT2D eigenvalue weighted by molar-refractivity contribution is 5.95. The number of benzene rings is 3. The number of amides is 4. The topological polar surface area (TPSA) is 128 Å². The smallest absolute Gasteiger partial charge is 0.243 e. The Bertz CT molecular complexity index is 1530. The fourth-order valence-electron chi connectivity index (χ4n) is 5.69. The van der Waals surface area contributed by atoms with Gasteiger partial charge in [0, 0.05) is 49.0 Å². The summed E-state index contributed by atoms with van der Waals surface area (Å²) in [7, 11) is 0. The van der Waals surface area contributed by atoms with Crippen molar-refractivity contribution in [3.05, 3.63) is 107 Å². The highest BCUT2D eigenvalue weighted by Crippen LogP contribution is 2.48. The van der Waals surface area contributed by atoms with Crippen LogP contribution in [0.4, 0.5) is 11.4 Å². The molecule has 9 heteroatoms. The highest BCUT2D eigenvalue weighted by atomic mass is 16.3. The van der Waals surface area contributed by atoms with Crippen LogP contribution in [0.25, 0.3) is 0 Å². The molecule has 9 nitrogen and oxygen atoms in total. The van der Waals surface area contributed by atoms with E-state index < -0.39 is 0 Å². The predicted octanol–water partition coefficient (Wildman–Crippen LogP) is 4.28. The van der Waals surface area contributed by atoms with E-state index in [0.717, 1.165) is 22.4 Å². The first-order chi connectivity index (χ1) is 21.4. The first-order valence-electron chi connectivity index (χ1n) is 15.1.